The molecule has 0 aromatic carbocycles. The molecule has 1 unspecified atom stereocenters. The summed E-state index contributed by atoms with van der Waals surface area (Å²) in [5.41, 5.74) is -5.46. The first-order chi connectivity index (χ1) is 6.68. The SMILES string of the molecule is O=C1NC=C(C(=O)[O-])C(O)(C(F)(F)F)N1. The molecule has 1 rings (SSSR count). The fourth-order valence-electron chi connectivity index (χ4n) is 0.940. The molecule has 0 bridgehead atoms. The summed E-state index contributed by atoms with van der Waals surface area (Å²) in [4.78, 5) is 20.8. The molecule has 1 heterocycles. The van der Waals surface area contributed by atoms with Crippen LogP contribution in [0, 0.1) is 0 Å². The van der Waals surface area contributed by atoms with Crippen LogP contribution in [0.1, 0.15) is 0 Å². The van der Waals surface area contributed by atoms with Crippen molar-refractivity contribution in [2.24, 2.45) is 0 Å². The van der Waals surface area contributed by atoms with Gasteiger partial charge in [0.25, 0.3) is 5.72 Å². The van der Waals surface area contributed by atoms with Crippen LogP contribution in [-0.2, 0) is 4.79 Å². The molecule has 0 saturated carbocycles. The monoisotopic (exact) mass is 225 g/mol. The molecule has 9 heteroatoms. The van der Waals surface area contributed by atoms with Gasteiger partial charge in [0.15, 0.2) is 0 Å². The van der Waals surface area contributed by atoms with Gasteiger partial charge in [-0.05, 0) is 0 Å². The van der Waals surface area contributed by atoms with Crippen molar-refractivity contribution >= 4 is 12.0 Å². The summed E-state index contributed by atoms with van der Waals surface area (Å²) < 4.78 is 36.9. The molecule has 0 aromatic heterocycles. The molecule has 0 aliphatic carbocycles. The van der Waals surface area contributed by atoms with Crippen LogP contribution in [-0.4, -0.2) is 29.0 Å². The summed E-state index contributed by atoms with van der Waals surface area (Å²) in [7, 11) is 0. The summed E-state index contributed by atoms with van der Waals surface area (Å²) in [6.45, 7) is 0. The molecule has 15 heavy (non-hydrogen) atoms. The van der Waals surface area contributed by atoms with E-state index in [0.717, 1.165) is 5.32 Å². The fourth-order valence-corrected chi connectivity index (χ4v) is 0.940. The van der Waals surface area contributed by atoms with E-state index in [-0.39, 0.29) is 6.20 Å². The zero-order valence-corrected chi connectivity index (χ0v) is 6.88. The molecule has 0 fully saturated rings. The van der Waals surface area contributed by atoms with Crippen molar-refractivity contribution in [3.8, 4) is 0 Å². The van der Waals surface area contributed by atoms with Gasteiger partial charge < -0.3 is 20.3 Å². The van der Waals surface area contributed by atoms with Crippen LogP contribution in [0.3, 0.4) is 0 Å². The third kappa shape index (κ3) is 1.73. The van der Waals surface area contributed by atoms with Crippen molar-refractivity contribution in [2.75, 3.05) is 0 Å². The summed E-state index contributed by atoms with van der Waals surface area (Å²) in [6.07, 6.45) is -5.14. The van der Waals surface area contributed by atoms with Gasteiger partial charge in [-0.3, -0.25) is 5.32 Å². The number of carbonyl (C=O) groups is 2. The Bertz CT molecular complexity index is 351. The fraction of sp³-hybridized carbons (Fsp3) is 0.333. The van der Waals surface area contributed by atoms with Gasteiger partial charge in [0.1, 0.15) is 0 Å². The number of hydrogen-bond donors (Lipinski definition) is 3. The highest BCUT2D eigenvalue weighted by molar-refractivity contribution is 5.92. The van der Waals surface area contributed by atoms with Gasteiger partial charge in [-0.1, -0.05) is 0 Å². The average Bonchev–Trinajstić information content (AvgIpc) is 2.00. The normalized spacial score (nSPS) is 26.4. The molecule has 0 saturated heterocycles. The van der Waals surface area contributed by atoms with Gasteiger partial charge in [0, 0.05) is 6.20 Å². The van der Waals surface area contributed by atoms with Crippen LogP contribution in [0.2, 0.25) is 0 Å². The van der Waals surface area contributed by atoms with E-state index in [1.807, 2.05) is 0 Å². The standard InChI is InChI=1S/C6H5F3N2O4/c7-6(8,9)5(15)2(3(12)13)1-10-4(14)11-5/h1,15H,(H,12,13)(H2,10,11,14)/p-1. The Kier molecular flexibility index (Phi) is 2.35. The second-order valence-corrected chi connectivity index (χ2v) is 2.65. The van der Waals surface area contributed by atoms with Gasteiger partial charge in [0.05, 0.1) is 11.5 Å². The number of carboxylic acid groups (broad SMARTS) is 1. The van der Waals surface area contributed by atoms with E-state index in [9.17, 15) is 27.9 Å². The lowest BCUT2D eigenvalue weighted by Gasteiger charge is -2.36. The van der Waals surface area contributed by atoms with Crippen molar-refractivity contribution in [3.63, 3.8) is 0 Å². The molecule has 6 nitrogen and oxygen atoms in total. The van der Waals surface area contributed by atoms with Gasteiger partial charge in [-0.25, -0.2) is 4.79 Å². The van der Waals surface area contributed by atoms with Crippen LogP contribution in [0.4, 0.5) is 18.0 Å². The van der Waals surface area contributed by atoms with Crippen molar-refractivity contribution in [3.05, 3.63) is 11.8 Å². The maximum atomic E-state index is 12.3. The van der Waals surface area contributed by atoms with E-state index < -0.39 is 29.5 Å². The highest BCUT2D eigenvalue weighted by atomic mass is 19.4. The Morgan fingerprint density at radius 1 is 1.53 bits per heavy atom. The minimum Gasteiger partial charge on any atom is -0.545 e. The second-order valence-electron chi connectivity index (χ2n) is 2.65. The average molecular weight is 225 g/mol. The number of aliphatic carboxylic acids is 1. The topological polar surface area (TPSA) is 101 Å². The smallest absolute Gasteiger partial charge is 0.441 e. The lowest BCUT2D eigenvalue weighted by Crippen LogP contribution is -2.66. The number of nitrogens with one attached hydrogen (secondary N) is 2. The third-order valence-corrected chi connectivity index (χ3v) is 1.66. The second kappa shape index (κ2) is 3.12. The van der Waals surface area contributed by atoms with Crippen LogP contribution < -0.4 is 15.7 Å². The summed E-state index contributed by atoms with van der Waals surface area (Å²) in [5.74, 6) is -2.25. The maximum Gasteiger partial charge on any atom is 0.441 e. The lowest BCUT2D eigenvalue weighted by molar-refractivity contribution is -0.309. The lowest BCUT2D eigenvalue weighted by atomic mass is 10.0. The Morgan fingerprint density at radius 3 is 2.47 bits per heavy atom. The van der Waals surface area contributed by atoms with Crippen LogP contribution in [0.15, 0.2) is 11.8 Å². The van der Waals surface area contributed by atoms with Crippen molar-refractivity contribution < 1.29 is 33.0 Å². The Hall–Kier alpha value is -1.77. The van der Waals surface area contributed by atoms with E-state index in [1.165, 1.54) is 0 Å². The summed E-state index contributed by atoms with van der Waals surface area (Å²) >= 11 is 0. The van der Waals surface area contributed by atoms with E-state index in [4.69, 9.17) is 5.11 Å². The molecule has 0 radical (unpaired) electrons. The molecule has 1 aliphatic rings. The van der Waals surface area contributed by atoms with E-state index in [0.29, 0.717) is 0 Å². The number of rotatable bonds is 1. The molecule has 1 atom stereocenters. The first kappa shape index (κ1) is 11.3. The minimum absolute atomic E-state index is 0.224. The Balaban J connectivity index is 3.24. The molecule has 0 spiro atoms. The Morgan fingerprint density at radius 2 is 2.07 bits per heavy atom. The summed E-state index contributed by atoms with van der Waals surface area (Å²) in [5, 5.41) is 22.0. The number of carboxylic acids is 1. The zero-order valence-electron chi connectivity index (χ0n) is 6.88. The maximum absolute atomic E-state index is 12.3. The predicted octanol–water partition coefficient (Wildman–Crippen LogP) is -1.82. The molecule has 0 aromatic rings. The Labute approximate surface area is 80.4 Å². The van der Waals surface area contributed by atoms with Gasteiger partial charge in [-0.2, -0.15) is 13.2 Å². The van der Waals surface area contributed by atoms with Gasteiger partial charge in [-0.15, -0.1) is 0 Å². The van der Waals surface area contributed by atoms with E-state index in [1.54, 1.807) is 5.32 Å². The molecular formula is C6H4F3N2O4-. The number of alkyl halides is 3. The van der Waals surface area contributed by atoms with Gasteiger partial charge in [0.2, 0.25) is 0 Å². The van der Waals surface area contributed by atoms with Crippen LogP contribution >= 0.6 is 0 Å². The quantitative estimate of drug-likeness (QED) is 0.489. The minimum atomic E-state index is -5.36. The van der Waals surface area contributed by atoms with Crippen molar-refractivity contribution in [2.45, 2.75) is 11.9 Å². The molecular weight excluding hydrogens is 221 g/mol. The first-order valence-electron chi connectivity index (χ1n) is 3.48. The van der Waals surface area contributed by atoms with Gasteiger partial charge >= 0.3 is 12.2 Å². The predicted molar refractivity (Wildman–Crippen MR) is 35.8 cm³/mol. The number of urea groups is 1. The number of hydrogen-bond acceptors (Lipinski definition) is 4. The zero-order chi connectivity index (χ0) is 11.9. The van der Waals surface area contributed by atoms with Crippen LogP contribution in [0.5, 0.6) is 0 Å². The molecule has 84 valence electrons. The largest absolute Gasteiger partial charge is 0.545 e. The van der Waals surface area contributed by atoms with Crippen LogP contribution in [0.25, 0.3) is 0 Å². The van der Waals surface area contributed by atoms with Crippen molar-refractivity contribution in [1.82, 2.24) is 10.6 Å². The number of amides is 2. The highest BCUT2D eigenvalue weighted by Crippen LogP contribution is 2.34. The van der Waals surface area contributed by atoms with E-state index in [2.05, 4.69) is 0 Å². The summed E-state index contributed by atoms with van der Waals surface area (Å²) in [6, 6.07) is -1.38. The first-order valence-corrected chi connectivity index (χ1v) is 3.48. The molecule has 2 amide bonds. The molecule has 3 N–H and O–H groups in total. The number of carbonyl (C=O) groups excluding carboxylic acids is 2. The number of aliphatic hydroxyl groups is 1. The van der Waals surface area contributed by atoms with Crippen molar-refractivity contribution in [1.29, 1.82) is 0 Å². The highest BCUT2D eigenvalue weighted by Gasteiger charge is 2.59. The molecule has 1 aliphatic heterocycles. The number of halogens is 3. The third-order valence-electron chi connectivity index (χ3n) is 1.66. The van der Waals surface area contributed by atoms with E-state index >= 15 is 0 Å².